The van der Waals surface area contributed by atoms with Crippen molar-refractivity contribution in [2.45, 2.75) is 12.4 Å². The van der Waals surface area contributed by atoms with E-state index in [0.717, 1.165) is 23.0 Å². The zero-order chi connectivity index (χ0) is 19.7. The topological polar surface area (TPSA) is 120 Å². The van der Waals surface area contributed by atoms with E-state index >= 15 is 0 Å². The van der Waals surface area contributed by atoms with Crippen molar-refractivity contribution in [1.82, 2.24) is 14.9 Å². The Kier molecular flexibility index (Phi) is 4.95. The van der Waals surface area contributed by atoms with Crippen LogP contribution in [-0.4, -0.2) is 36.8 Å². The molecule has 0 aromatic carbocycles. The van der Waals surface area contributed by atoms with Gasteiger partial charge in [0.2, 0.25) is 0 Å². The molecule has 2 heterocycles. The number of nitrogens with one attached hydrogen (secondary N) is 2. The lowest BCUT2D eigenvalue weighted by atomic mass is 10.1. The van der Waals surface area contributed by atoms with Gasteiger partial charge in [-0.15, -0.1) is 0 Å². The van der Waals surface area contributed by atoms with Gasteiger partial charge in [0.05, 0.1) is 6.20 Å². The summed E-state index contributed by atoms with van der Waals surface area (Å²) in [6.45, 7) is 1.61. The van der Waals surface area contributed by atoms with E-state index in [1.54, 1.807) is 20.0 Å². The molecule has 0 bridgehead atoms. The van der Waals surface area contributed by atoms with E-state index in [-0.39, 0.29) is 22.2 Å². The minimum atomic E-state index is -5.96. The van der Waals surface area contributed by atoms with Crippen molar-refractivity contribution < 1.29 is 25.8 Å². The highest BCUT2D eigenvalue weighted by atomic mass is 32.2. The van der Waals surface area contributed by atoms with E-state index in [2.05, 4.69) is 14.6 Å². The Hall–Kier alpha value is -3.07. The fraction of sp³-hybridized carbons (Fsp3) is 0.214. The van der Waals surface area contributed by atoms with Gasteiger partial charge in [-0.2, -0.15) is 31.9 Å². The number of alkyl halides is 3. The molecular weight excluding hydrogens is 375 g/mol. The highest BCUT2D eigenvalue weighted by Gasteiger charge is 2.49. The second-order valence-electron chi connectivity index (χ2n) is 4.97. The molecule has 138 valence electrons. The Morgan fingerprint density at radius 3 is 2.65 bits per heavy atom. The van der Waals surface area contributed by atoms with Crippen LogP contribution in [0.5, 0.6) is 5.75 Å². The number of rotatable bonds is 5. The number of pyridine rings is 1. The first-order chi connectivity index (χ1) is 12.1. The smallest absolute Gasteiger partial charge is 0.391 e. The fourth-order valence-corrected chi connectivity index (χ4v) is 2.54. The number of hydrogen-bond donors (Lipinski definition) is 2. The van der Waals surface area contributed by atoms with Crippen molar-refractivity contribution in [2.75, 3.05) is 7.05 Å². The molecule has 0 atom stereocenters. The van der Waals surface area contributed by atoms with E-state index in [4.69, 9.17) is 10.7 Å². The van der Waals surface area contributed by atoms with Crippen LogP contribution < -0.4 is 9.50 Å². The monoisotopic (exact) mass is 387 g/mol. The number of aromatic nitrogens is 2. The Morgan fingerprint density at radius 2 is 2.15 bits per heavy atom. The molecule has 2 aromatic heterocycles. The Morgan fingerprint density at radius 1 is 1.50 bits per heavy atom. The first-order valence-electron chi connectivity index (χ1n) is 6.87. The second kappa shape index (κ2) is 6.68. The molecule has 12 heteroatoms. The molecule has 0 aliphatic carbocycles. The average Bonchev–Trinajstić information content (AvgIpc) is 2.97. The van der Waals surface area contributed by atoms with Crippen LogP contribution in [0, 0.1) is 16.7 Å². The highest BCUT2D eigenvalue weighted by Crippen LogP contribution is 2.33. The lowest BCUT2D eigenvalue weighted by Gasteiger charge is -2.13. The molecule has 0 radical (unpaired) electrons. The molecule has 2 aromatic rings. The maximum Gasteiger partial charge on any atom is 0.534 e. The summed E-state index contributed by atoms with van der Waals surface area (Å²) in [5, 5.41) is 23.2. The molecular formula is C14H12F3N5O3S. The summed E-state index contributed by atoms with van der Waals surface area (Å²) in [5.74, 6) is -0.725. The molecule has 0 spiro atoms. The second-order valence-corrected chi connectivity index (χ2v) is 6.51. The molecule has 26 heavy (non-hydrogen) atoms. The molecule has 0 aliphatic rings. The molecule has 0 saturated carbocycles. The molecule has 0 unspecified atom stereocenters. The summed E-state index contributed by atoms with van der Waals surface area (Å²) >= 11 is 0. The van der Waals surface area contributed by atoms with Crippen LogP contribution in [0.4, 0.5) is 13.2 Å². The summed E-state index contributed by atoms with van der Waals surface area (Å²) in [6, 6.07) is 2.71. The predicted octanol–water partition coefficient (Wildman–Crippen LogP) is 2.03. The Labute approximate surface area is 146 Å². The fourth-order valence-electron chi connectivity index (χ4n) is 2.09. The zero-order valence-corrected chi connectivity index (χ0v) is 14.2. The van der Waals surface area contributed by atoms with Gasteiger partial charge in [0.1, 0.15) is 17.1 Å². The van der Waals surface area contributed by atoms with Gasteiger partial charge in [-0.25, -0.2) is 4.52 Å². The highest BCUT2D eigenvalue weighted by molar-refractivity contribution is 7.88. The van der Waals surface area contributed by atoms with Crippen molar-refractivity contribution in [3.8, 4) is 11.8 Å². The number of allylic oxidation sites excluding steroid dienone is 2. The lowest BCUT2D eigenvalue weighted by Crippen LogP contribution is -2.28. The Balaban J connectivity index is 2.81. The van der Waals surface area contributed by atoms with Crippen molar-refractivity contribution in [1.29, 1.82) is 10.7 Å². The minimum Gasteiger partial charge on any atom is -0.391 e. The molecule has 8 nitrogen and oxygen atoms in total. The van der Waals surface area contributed by atoms with Gasteiger partial charge < -0.3 is 14.9 Å². The quantitative estimate of drug-likeness (QED) is 0.460. The first kappa shape index (κ1) is 19.3. The summed E-state index contributed by atoms with van der Waals surface area (Å²) in [4.78, 5) is 0. The molecule has 0 fully saturated rings. The van der Waals surface area contributed by atoms with Gasteiger partial charge in [-0.3, -0.25) is 0 Å². The standard InChI is InChI=1S/C14H12F3N5O3S/c1-8(20-2)11(5-19)9-3-12(25-26(23,24)14(15,16)17)13-10(4-18)6-21-22(13)7-9/h3,5-7,19-20H,1-2H3/b11-8+,19-5?. The van der Waals surface area contributed by atoms with Crippen molar-refractivity contribution in [3.63, 3.8) is 0 Å². The van der Waals surface area contributed by atoms with Gasteiger partial charge in [-0.1, -0.05) is 0 Å². The van der Waals surface area contributed by atoms with Crippen molar-refractivity contribution in [3.05, 3.63) is 35.3 Å². The van der Waals surface area contributed by atoms with E-state index < -0.39 is 21.4 Å². The van der Waals surface area contributed by atoms with Crippen LogP contribution in [0.3, 0.4) is 0 Å². The molecule has 2 N–H and O–H groups in total. The van der Waals surface area contributed by atoms with Crippen LogP contribution in [0.15, 0.2) is 24.2 Å². The number of hydrogen-bond acceptors (Lipinski definition) is 7. The number of nitrogens with zero attached hydrogens (tertiary/aromatic N) is 3. The van der Waals surface area contributed by atoms with Gasteiger partial charge in [0, 0.05) is 36.3 Å². The largest absolute Gasteiger partial charge is 0.534 e. The lowest BCUT2D eigenvalue weighted by molar-refractivity contribution is -0.0499. The maximum atomic E-state index is 12.7. The average molecular weight is 387 g/mol. The molecule has 0 amide bonds. The van der Waals surface area contributed by atoms with E-state index in [1.165, 1.54) is 6.20 Å². The maximum absolute atomic E-state index is 12.7. The normalized spacial score (nSPS) is 13.1. The van der Waals surface area contributed by atoms with Gasteiger partial charge in [0.25, 0.3) is 0 Å². The number of fused-ring (bicyclic) bond motifs is 1. The summed E-state index contributed by atoms with van der Waals surface area (Å²) in [7, 11) is -4.39. The van der Waals surface area contributed by atoms with Crippen LogP contribution >= 0.6 is 0 Å². The molecule has 2 rings (SSSR count). The van der Waals surface area contributed by atoms with E-state index in [9.17, 15) is 21.6 Å². The van der Waals surface area contributed by atoms with Crippen LogP contribution in [0.1, 0.15) is 18.1 Å². The zero-order valence-electron chi connectivity index (χ0n) is 13.4. The third-order valence-corrected chi connectivity index (χ3v) is 4.38. The van der Waals surface area contributed by atoms with Gasteiger partial charge >= 0.3 is 15.6 Å². The minimum absolute atomic E-state index is 0.166. The SMILES string of the molecule is CN/C(C)=C(\C=N)c1cc(OS(=O)(=O)C(F)(F)F)c2c(C#N)cnn2c1. The van der Waals surface area contributed by atoms with Gasteiger partial charge in [0.15, 0.2) is 5.75 Å². The summed E-state index contributed by atoms with van der Waals surface area (Å²) in [5.41, 5.74) is -5.13. The molecule has 0 aliphatic heterocycles. The van der Waals surface area contributed by atoms with Crippen molar-refractivity contribution in [2.24, 2.45) is 0 Å². The Bertz CT molecular complexity index is 1050. The van der Waals surface area contributed by atoms with Gasteiger partial charge in [-0.05, 0) is 13.0 Å². The number of halogens is 3. The summed E-state index contributed by atoms with van der Waals surface area (Å²) < 4.78 is 66.1. The summed E-state index contributed by atoms with van der Waals surface area (Å²) in [6.07, 6.45) is 3.33. The third-order valence-electron chi connectivity index (χ3n) is 3.41. The van der Waals surface area contributed by atoms with Crippen LogP contribution in [-0.2, 0) is 10.1 Å². The third kappa shape index (κ3) is 3.33. The predicted molar refractivity (Wildman–Crippen MR) is 85.9 cm³/mol. The number of nitriles is 1. The van der Waals surface area contributed by atoms with Crippen LogP contribution in [0.25, 0.3) is 11.1 Å². The molecule has 0 saturated heterocycles. The van der Waals surface area contributed by atoms with Crippen LogP contribution in [0.2, 0.25) is 0 Å². The van der Waals surface area contributed by atoms with Crippen molar-refractivity contribution >= 4 is 27.4 Å². The first-order valence-corrected chi connectivity index (χ1v) is 8.28. The van der Waals surface area contributed by atoms with E-state index in [0.29, 0.717) is 5.70 Å². The van der Waals surface area contributed by atoms with E-state index in [1.807, 2.05) is 0 Å².